The molecule has 3 N–H and O–H groups in total. The summed E-state index contributed by atoms with van der Waals surface area (Å²) in [6.07, 6.45) is 0.136. The van der Waals surface area contributed by atoms with Crippen LogP contribution in [-0.2, 0) is 4.79 Å². The number of aromatic carboxylic acids is 1. The predicted octanol–water partition coefficient (Wildman–Crippen LogP) is 4.62. The Bertz CT molecular complexity index is 1160. The van der Waals surface area contributed by atoms with Crippen molar-refractivity contribution < 1.29 is 29.3 Å². The molecule has 8 heteroatoms. The molecule has 1 aromatic heterocycles. The molecule has 1 aliphatic rings. The van der Waals surface area contributed by atoms with Gasteiger partial charge in [-0.2, -0.15) is 0 Å². The number of phenols is 1. The molecule has 1 aliphatic heterocycles. The number of anilines is 1. The highest BCUT2D eigenvalue weighted by Gasteiger charge is 2.35. The molecule has 0 aliphatic carbocycles. The van der Waals surface area contributed by atoms with E-state index >= 15 is 0 Å². The van der Waals surface area contributed by atoms with Crippen molar-refractivity contribution in [3.05, 3.63) is 57.3 Å². The number of fused-ring (bicyclic) bond motifs is 1. The molecule has 0 spiro atoms. The Kier molecular flexibility index (Phi) is 5.32. The fourth-order valence-corrected chi connectivity index (χ4v) is 5.06. The summed E-state index contributed by atoms with van der Waals surface area (Å²) in [6, 6.07) is 10.8. The Hall–Kier alpha value is -3.52. The van der Waals surface area contributed by atoms with Crippen molar-refractivity contribution in [1.82, 2.24) is 0 Å². The van der Waals surface area contributed by atoms with Crippen LogP contribution < -0.4 is 14.8 Å². The number of thiophene rings is 1. The Morgan fingerprint density at radius 1 is 1.13 bits per heavy atom. The van der Waals surface area contributed by atoms with Gasteiger partial charge in [0.05, 0.1) is 19.9 Å². The second kappa shape index (κ2) is 7.96. The number of amides is 1. The summed E-state index contributed by atoms with van der Waals surface area (Å²) in [5.74, 6) is -1.37. The van der Waals surface area contributed by atoms with E-state index in [2.05, 4.69) is 5.32 Å². The van der Waals surface area contributed by atoms with Crippen LogP contribution in [0.1, 0.15) is 38.0 Å². The van der Waals surface area contributed by atoms with Gasteiger partial charge in [0.1, 0.15) is 4.88 Å². The second-order valence-electron chi connectivity index (χ2n) is 7.30. The van der Waals surface area contributed by atoms with Gasteiger partial charge in [-0.1, -0.05) is 29.8 Å². The van der Waals surface area contributed by atoms with E-state index in [1.165, 1.54) is 14.2 Å². The lowest BCUT2D eigenvalue weighted by atomic mass is 9.88. The third kappa shape index (κ3) is 3.59. The molecule has 4 rings (SSSR count). The summed E-state index contributed by atoms with van der Waals surface area (Å²) in [7, 11) is 2.86. The van der Waals surface area contributed by atoms with Gasteiger partial charge in [-0.15, -0.1) is 11.3 Å². The Balaban J connectivity index is 1.94. The number of carboxylic acid groups (broad SMARTS) is 1. The lowest BCUT2D eigenvalue weighted by Crippen LogP contribution is -2.22. The topological polar surface area (TPSA) is 105 Å². The first-order valence-electron chi connectivity index (χ1n) is 9.55. The van der Waals surface area contributed by atoms with E-state index in [0.29, 0.717) is 16.8 Å². The maximum absolute atomic E-state index is 12.6. The highest BCUT2D eigenvalue weighted by atomic mass is 32.1. The lowest BCUT2D eigenvalue weighted by Gasteiger charge is -2.25. The summed E-state index contributed by atoms with van der Waals surface area (Å²) >= 11 is 1.15. The van der Waals surface area contributed by atoms with Crippen molar-refractivity contribution in [2.45, 2.75) is 19.3 Å². The monoisotopic (exact) mass is 439 g/mol. The molecule has 7 nitrogen and oxygen atoms in total. The van der Waals surface area contributed by atoms with E-state index in [-0.39, 0.29) is 34.5 Å². The van der Waals surface area contributed by atoms with Gasteiger partial charge in [-0.05, 0) is 30.2 Å². The summed E-state index contributed by atoms with van der Waals surface area (Å²) in [6.45, 7) is 1.95. The van der Waals surface area contributed by atoms with E-state index < -0.39 is 11.9 Å². The number of methoxy groups -OCH3 is 2. The minimum absolute atomic E-state index is 0.132. The largest absolute Gasteiger partial charge is 0.502 e. The van der Waals surface area contributed by atoms with Crippen molar-refractivity contribution in [3.63, 3.8) is 0 Å². The summed E-state index contributed by atoms with van der Waals surface area (Å²) < 4.78 is 10.5. The first-order chi connectivity index (χ1) is 14.8. The SMILES string of the molecule is COc1cc(C2CC(=O)Nc3c2sc(C(=O)O)c3-c2ccc(C)cc2)cc(OC)c1O. The molecule has 0 bridgehead atoms. The van der Waals surface area contributed by atoms with Crippen LogP contribution in [0, 0.1) is 6.92 Å². The molecule has 0 saturated carbocycles. The molecule has 1 amide bonds. The van der Waals surface area contributed by atoms with E-state index in [1.807, 2.05) is 31.2 Å². The molecule has 160 valence electrons. The second-order valence-corrected chi connectivity index (χ2v) is 8.35. The average Bonchev–Trinajstić information content (AvgIpc) is 3.13. The number of nitrogens with one attached hydrogen (secondary N) is 1. The summed E-state index contributed by atoms with van der Waals surface area (Å²) in [5, 5.41) is 23.0. The maximum Gasteiger partial charge on any atom is 0.346 e. The molecule has 0 saturated heterocycles. The Labute approximate surface area is 182 Å². The van der Waals surface area contributed by atoms with Crippen LogP contribution in [-0.4, -0.2) is 36.3 Å². The molecule has 2 heterocycles. The number of phenolic OH excluding ortho intramolecular Hbond substituents is 1. The fourth-order valence-electron chi connectivity index (χ4n) is 3.82. The first-order valence-corrected chi connectivity index (χ1v) is 10.4. The molecule has 31 heavy (non-hydrogen) atoms. The predicted molar refractivity (Wildman–Crippen MR) is 118 cm³/mol. The molecule has 0 fully saturated rings. The van der Waals surface area contributed by atoms with Crippen LogP contribution >= 0.6 is 11.3 Å². The molecule has 2 aromatic carbocycles. The fraction of sp³-hybridized carbons (Fsp3) is 0.217. The standard InChI is InChI=1S/C23H21NO6S/c1-11-4-6-12(7-5-11)18-19-21(31-22(18)23(27)28)14(10-17(25)24-19)13-8-15(29-2)20(26)16(9-13)30-3/h4-9,14,26H,10H2,1-3H3,(H,24,25)(H,27,28). The highest BCUT2D eigenvalue weighted by Crippen LogP contribution is 2.51. The number of hydrogen-bond acceptors (Lipinski definition) is 6. The van der Waals surface area contributed by atoms with E-state index in [4.69, 9.17) is 9.47 Å². The minimum atomic E-state index is -1.05. The van der Waals surface area contributed by atoms with E-state index in [1.54, 1.807) is 12.1 Å². The Morgan fingerprint density at radius 3 is 2.29 bits per heavy atom. The van der Waals surface area contributed by atoms with Crippen LogP contribution in [0.3, 0.4) is 0 Å². The first kappa shape index (κ1) is 20.7. The number of carbonyl (C=O) groups excluding carboxylic acids is 1. The van der Waals surface area contributed by atoms with Crippen molar-refractivity contribution in [3.8, 4) is 28.4 Å². The van der Waals surface area contributed by atoms with Crippen molar-refractivity contribution in [2.24, 2.45) is 0 Å². The van der Waals surface area contributed by atoms with Crippen molar-refractivity contribution >= 4 is 28.9 Å². The lowest BCUT2D eigenvalue weighted by molar-refractivity contribution is -0.116. The van der Waals surface area contributed by atoms with Gasteiger partial charge in [0.2, 0.25) is 11.7 Å². The summed E-state index contributed by atoms with van der Waals surface area (Å²) in [5.41, 5.74) is 3.48. The number of rotatable bonds is 5. The van der Waals surface area contributed by atoms with Gasteiger partial charge in [-0.3, -0.25) is 4.79 Å². The van der Waals surface area contributed by atoms with E-state index in [0.717, 1.165) is 27.3 Å². The molecular formula is C23H21NO6S. The van der Waals surface area contributed by atoms with Crippen LogP contribution in [0.4, 0.5) is 5.69 Å². The quantitative estimate of drug-likeness (QED) is 0.536. The van der Waals surface area contributed by atoms with Crippen molar-refractivity contribution in [1.29, 1.82) is 0 Å². The zero-order chi connectivity index (χ0) is 22.3. The number of carboxylic acids is 1. The zero-order valence-electron chi connectivity index (χ0n) is 17.2. The van der Waals surface area contributed by atoms with Gasteiger partial charge in [0, 0.05) is 22.8 Å². The van der Waals surface area contributed by atoms with Gasteiger partial charge < -0.3 is 25.0 Å². The number of benzene rings is 2. The van der Waals surface area contributed by atoms with Crippen LogP contribution in [0.5, 0.6) is 17.2 Å². The molecule has 1 atom stereocenters. The Morgan fingerprint density at radius 2 is 1.74 bits per heavy atom. The number of ether oxygens (including phenoxy) is 2. The molecular weight excluding hydrogens is 418 g/mol. The zero-order valence-corrected chi connectivity index (χ0v) is 18.0. The van der Waals surface area contributed by atoms with Gasteiger partial charge in [0.25, 0.3) is 0 Å². The van der Waals surface area contributed by atoms with E-state index in [9.17, 15) is 19.8 Å². The van der Waals surface area contributed by atoms with Crippen LogP contribution in [0.2, 0.25) is 0 Å². The van der Waals surface area contributed by atoms with Gasteiger partial charge in [-0.25, -0.2) is 4.79 Å². The number of aromatic hydroxyl groups is 1. The number of hydrogen-bond donors (Lipinski definition) is 3. The molecule has 0 radical (unpaired) electrons. The van der Waals surface area contributed by atoms with Gasteiger partial charge in [0.15, 0.2) is 11.5 Å². The smallest absolute Gasteiger partial charge is 0.346 e. The third-order valence-corrected chi connectivity index (χ3v) is 6.64. The van der Waals surface area contributed by atoms with Crippen LogP contribution in [0.25, 0.3) is 11.1 Å². The third-order valence-electron chi connectivity index (χ3n) is 5.34. The van der Waals surface area contributed by atoms with Crippen molar-refractivity contribution in [2.75, 3.05) is 19.5 Å². The summed E-state index contributed by atoms with van der Waals surface area (Å²) in [4.78, 5) is 25.6. The van der Waals surface area contributed by atoms with Crippen LogP contribution in [0.15, 0.2) is 36.4 Å². The molecule has 3 aromatic rings. The maximum atomic E-state index is 12.6. The average molecular weight is 439 g/mol. The normalized spacial score (nSPS) is 15.2. The molecule has 1 unspecified atom stereocenters. The number of aryl methyl sites for hydroxylation is 1. The number of carbonyl (C=O) groups is 2. The van der Waals surface area contributed by atoms with Gasteiger partial charge >= 0.3 is 5.97 Å². The minimum Gasteiger partial charge on any atom is -0.502 e. The highest BCUT2D eigenvalue weighted by molar-refractivity contribution is 7.15.